The first kappa shape index (κ1) is 21.9. The van der Waals surface area contributed by atoms with Crippen LogP contribution in [-0.2, 0) is 4.79 Å². The highest BCUT2D eigenvalue weighted by molar-refractivity contribution is 5.90. The number of nitrogens with zero attached hydrogens (tertiary/aromatic N) is 1. The van der Waals surface area contributed by atoms with Gasteiger partial charge in [-0.3, -0.25) is 9.78 Å². The highest BCUT2D eigenvalue weighted by atomic mass is 16.4. The molecule has 2 unspecified atom stereocenters. The quantitative estimate of drug-likeness (QED) is 0.390. The van der Waals surface area contributed by atoms with Crippen molar-refractivity contribution in [2.75, 3.05) is 0 Å². The molecule has 0 saturated carbocycles. The van der Waals surface area contributed by atoms with Crippen LogP contribution in [0.2, 0.25) is 0 Å². The molecule has 3 heterocycles. The second kappa shape index (κ2) is 8.11. The number of carboxylic acids is 1. The average molecular weight is 456 g/mol. The van der Waals surface area contributed by atoms with E-state index in [9.17, 15) is 14.7 Å². The highest BCUT2D eigenvalue weighted by Crippen LogP contribution is 2.33. The maximum Gasteiger partial charge on any atom is 0.333 e. The first-order chi connectivity index (χ1) is 16.2. The smallest absolute Gasteiger partial charge is 0.333 e. The summed E-state index contributed by atoms with van der Waals surface area (Å²) < 4.78 is 6.33. The Morgan fingerprint density at radius 3 is 2.88 bits per heavy atom. The molecule has 0 saturated heterocycles. The van der Waals surface area contributed by atoms with Gasteiger partial charge in [0, 0.05) is 29.3 Å². The summed E-state index contributed by atoms with van der Waals surface area (Å²) in [7, 11) is 0. The summed E-state index contributed by atoms with van der Waals surface area (Å²) in [6, 6.07) is 8.84. The number of carbonyl (C=O) groups is 1. The zero-order valence-electron chi connectivity index (χ0n) is 19.2. The van der Waals surface area contributed by atoms with E-state index in [4.69, 9.17) is 4.42 Å². The van der Waals surface area contributed by atoms with Gasteiger partial charge in [-0.25, -0.2) is 4.79 Å². The number of nitrogens with one attached hydrogen (secondary N) is 2. The maximum absolute atomic E-state index is 13.1. The summed E-state index contributed by atoms with van der Waals surface area (Å²) >= 11 is 0. The predicted octanol–water partition coefficient (Wildman–Crippen LogP) is 5.02. The summed E-state index contributed by atoms with van der Waals surface area (Å²) in [5.74, 6) is -0.522. The minimum atomic E-state index is -0.956. The highest BCUT2D eigenvalue weighted by Gasteiger charge is 2.35. The molecule has 1 aliphatic rings. The van der Waals surface area contributed by atoms with Crippen molar-refractivity contribution in [2.24, 2.45) is 0 Å². The Bertz CT molecular complexity index is 1530. The summed E-state index contributed by atoms with van der Waals surface area (Å²) in [6.45, 7) is 5.77. The molecule has 3 N–H and O–H groups in total. The lowest BCUT2D eigenvalue weighted by Gasteiger charge is -2.35. The number of aryl methyl sites for hydroxylation is 1. The number of allylic oxidation sites excluding steroid dienone is 2. The Labute approximate surface area is 195 Å². The van der Waals surface area contributed by atoms with Crippen molar-refractivity contribution in [2.45, 2.75) is 38.8 Å². The van der Waals surface area contributed by atoms with E-state index in [0.29, 0.717) is 34.4 Å². The molecule has 1 aliphatic carbocycles. The molecule has 4 aromatic rings. The van der Waals surface area contributed by atoms with Gasteiger partial charge in [0.25, 0.3) is 0 Å². The monoisotopic (exact) mass is 455 g/mol. The molecule has 3 aromatic heterocycles. The van der Waals surface area contributed by atoms with Crippen LogP contribution in [0.3, 0.4) is 0 Å². The minimum Gasteiger partial charge on any atom is -0.478 e. The number of pyridine rings is 1. The number of aliphatic carboxylic acids is 1. The van der Waals surface area contributed by atoms with Crippen LogP contribution in [0.5, 0.6) is 0 Å². The number of aromatic nitrogens is 2. The van der Waals surface area contributed by atoms with Crippen LogP contribution in [0, 0.1) is 6.92 Å². The van der Waals surface area contributed by atoms with Crippen molar-refractivity contribution in [3.05, 3.63) is 87.9 Å². The van der Waals surface area contributed by atoms with Gasteiger partial charge in [-0.2, -0.15) is 0 Å². The number of hydrogen-bond donors (Lipinski definition) is 3. The minimum absolute atomic E-state index is 0.136. The molecule has 34 heavy (non-hydrogen) atoms. The normalized spacial score (nSPS) is 18.9. The van der Waals surface area contributed by atoms with Gasteiger partial charge in [-0.1, -0.05) is 24.3 Å². The van der Waals surface area contributed by atoms with E-state index < -0.39 is 11.5 Å². The number of fused-ring (bicyclic) bond motifs is 2. The van der Waals surface area contributed by atoms with E-state index in [2.05, 4.69) is 15.3 Å². The van der Waals surface area contributed by atoms with Crippen molar-refractivity contribution in [1.82, 2.24) is 15.3 Å². The lowest BCUT2D eigenvalue weighted by atomic mass is 9.83. The molecular weight excluding hydrogens is 430 g/mol. The Hall–Kier alpha value is -3.97. The van der Waals surface area contributed by atoms with Crippen LogP contribution < -0.4 is 10.7 Å². The van der Waals surface area contributed by atoms with Crippen LogP contribution >= 0.6 is 0 Å². The van der Waals surface area contributed by atoms with Crippen LogP contribution in [0.1, 0.15) is 37.4 Å². The van der Waals surface area contributed by atoms with Crippen LogP contribution in [0.4, 0.5) is 0 Å². The largest absolute Gasteiger partial charge is 0.478 e. The molecule has 5 rings (SSSR count). The third-order valence-electron chi connectivity index (χ3n) is 6.44. The third-order valence-corrected chi connectivity index (χ3v) is 6.44. The number of carboxylic acid groups (broad SMARTS) is 1. The average Bonchev–Trinajstić information content (AvgIpc) is 3.23. The number of H-pyrrole nitrogens is 1. The molecule has 2 atom stereocenters. The summed E-state index contributed by atoms with van der Waals surface area (Å²) in [5, 5.41) is 14.7. The molecule has 0 aliphatic heterocycles. The predicted molar refractivity (Wildman–Crippen MR) is 132 cm³/mol. The summed E-state index contributed by atoms with van der Waals surface area (Å²) in [5.41, 5.74) is 3.15. The Kier molecular flexibility index (Phi) is 5.21. The van der Waals surface area contributed by atoms with Crippen LogP contribution in [0.25, 0.3) is 33.3 Å². The second-order valence-corrected chi connectivity index (χ2v) is 9.07. The van der Waals surface area contributed by atoms with Gasteiger partial charge in [-0.15, -0.1) is 0 Å². The molecule has 0 amide bonds. The van der Waals surface area contributed by atoms with Gasteiger partial charge >= 0.3 is 5.97 Å². The topological polar surface area (TPSA) is 108 Å². The lowest BCUT2D eigenvalue weighted by molar-refractivity contribution is -0.133. The van der Waals surface area contributed by atoms with Crippen LogP contribution in [-0.4, -0.2) is 26.6 Å². The second-order valence-electron chi connectivity index (χ2n) is 9.07. The van der Waals surface area contributed by atoms with Crippen molar-refractivity contribution in [3.63, 3.8) is 0 Å². The molecular formula is C27H25N3O4. The lowest BCUT2D eigenvalue weighted by Crippen LogP contribution is -2.47. The van der Waals surface area contributed by atoms with E-state index >= 15 is 0 Å². The zero-order valence-corrected chi connectivity index (χ0v) is 19.2. The molecule has 7 nitrogen and oxygen atoms in total. The van der Waals surface area contributed by atoms with E-state index in [0.717, 1.165) is 22.0 Å². The Morgan fingerprint density at radius 1 is 1.29 bits per heavy atom. The van der Waals surface area contributed by atoms with Crippen molar-refractivity contribution in [1.29, 1.82) is 0 Å². The van der Waals surface area contributed by atoms with Crippen molar-refractivity contribution >= 4 is 27.8 Å². The molecule has 1 aromatic carbocycles. The van der Waals surface area contributed by atoms with E-state index in [1.54, 1.807) is 24.5 Å². The van der Waals surface area contributed by atoms with Crippen molar-refractivity contribution in [3.8, 4) is 11.5 Å². The molecule has 0 fully saturated rings. The van der Waals surface area contributed by atoms with Gasteiger partial charge < -0.3 is 19.8 Å². The standard InChI is InChI=1S/C27H25N3O4/c1-15-10-18(16(2)30-27(3)8-5-4-6-20(27)26(32)33)25-19(11-15)23(31)13-24(34-25)21-12-17-7-9-28-14-22(17)29-21/h4-7,9-14,16,29-30H,8H2,1-3H3,(H,32,33). The fourth-order valence-corrected chi connectivity index (χ4v) is 4.76. The third kappa shape index (κ3) is 3.74. The molecule has 7 heteroatoms. The van der Waals surface area contributed by atoms with Crippen molar-refractivity contribution < 1.29 is 14.3 Å². The molecule has 172 valence electrons. The SMILES string of the molecule is Cc1cc(C(C)NC2(C)CC=CC=C2C(=O)O)c2oc(-c3cc4ccncc4[nH]3)cc(=O)c2c1. The molecule has 0 radical (unpaired) electrons. The summed E-state index contributed by atoms with van der Waals surface area (Å²) in [6.07, 6.45) is 9.32. The van der Waals surface area contributed by atoms with Gasteiger partial charge in [0.15, 0.2) is 11.2 Å². The van der Waals surface area contributed by atoms with E-state index in [1.165, 1.54) is 6.07 Å². The number of benzene rings is 1. The summed E-state index contributed by atoms with van der Waals surface area (Å²) in [4.78, 5) is 32.4. The number of hydrogen-bond acceptors (Lipinski definition) is 5. The first-order valence-electron chi connectivity index (χ1n) is 11.1. The van der Waals surface area contributed by atoms with Crippen LogP contribution in [0.15, 0.2) is 75.7 Å². The Morgan fingerprint density at radius 2 is 2.12 bits per heavy atom. The molecule has 0 spiro atoms. The van der Waals surface area contributed by atoms with Gasteiger partial charge in [-0.05, 0) is 51.0 Å². The van der Waals surface area contributed by atoms with Gasteiger partial charge in [0.2, 0.25) is 0 Å². The Balaban J connectivity index is 1.62. The fraction of sp³-hybridized carbons (Fsp3) is 0.222. The fourth-order valence-electron chi connectivity index (χ4n) is 4.76. The maximum atomic E-state index is 13.1. The number of rotatable bonds is 5. The molecule has 0 bridgehead atoms. The first-order valence-corrected chi connectivity index (χ1v) is 11.1. The van der Waals surface area contributed by atoms with E-state index in [1.807, 2.05) is 51.1 Å². The van der Waals surface area contributed by atoms with Gasteiger partial charge in [0.1, 0.15) is 5.58 Å². The van der Waals surface area contributed by atoms with Gasteiger partial charge in [0.05, 0.1) is 33.9 Å². The van der Waals surface area contributed by atoms with E-state index in [-0.39, 0.29) is 11.5 Å². The number of aromatic amines is 1. The zero-order chi connectivity index (χ0) is 24.0.